The van der Waals surface area contributed by atoms with Gasteiger partial charge in [0.2, 0.25) is 10.0 Å². The van der Waals surface area contributed by atoms with E-state index in [0.717, 1.165) is 6.20 Å². The molecule has 3 heterocycles. The molecule has 0 saturated heterocycles. The molecule has 0 aliphatic heterocycles. The molecule has 0 unspecified atom stereocenters. The van der Waals surface area contributed by atoms with Crippen molar-refractivity contribution in [2.24, 2.45) is 15.4 Å². The second-order valence-corrected chi connectivity index (χ2v) is 14.8. The van der Waals surface area contributed by atoms with Gasteiger partial charge in [-0.25, -0.2) is 32.5 Å². The third-order valence-corrected chi connectivity index (χ3v) is 8.99. The molecular formula is C23H22N8O10S3. The highest BCUT2D eigenvalue weighted by atomic mass is 32.2. The van der Waals surface area contributed by atoms with Gasteiger partial charge in [-0.3, -0.25) is 14.2 Å². The molecule has 0 spiro atoms. The van der Waals surface area contributed by atoms with Crippen LogP contribution < -0.4 is 5.14 Å². The smallest absolute Gasteiger partial charge is 0.341 e. The maximum Gasteiger partial charge on any atom is 0.341 e. The number of benzene rings is 2. The van der Waals surface area contributed by atoms with Crippen LogP contribution in [0.3, 0.4) is 0 Å². The number of carbonyl (C=O) groups is 1. The van der Waals surface area contributed by atoms with Crippen LogP contribution in [-0.2, 0) is 35.7 Å². The molecule has 2 aromatic carbocycles. The first-order valence-electron chi connectivity index (χ1n) is 12.1. The number of rotatable bonds is 7. The fraction of sp³-hybridized carbons (Fsp3) is 0.174. The van der Waals surface area contributed by atoms with Crippen LogP contribution in [0.5, 0.6) is 0 Å². The number of primary sulfonamides is 1. The minimum Gasteiger partial charge on any atom is -0.477 e. The number of carboxylic acid groups (broad SMARTS) is 1. The lowest BCUT2D eigenvalue weighted by Gasteiger charge is -2.16. The van der Waals surface area contributed by atoms with Gasteiger partial charge in [-0.2, -0.15) is 21.9 Å². The number of aromatic carboxylic acids is 1. The number of hydrogen-bond acceptors (Lipinski definition) is 11. The number of hydrogen-bond donors (Lipinski definition) is 5. The van der Waals surface area contributed by atoms with Crippen molar-refractivity contribution in [1.82, 2.24) is 24.4 Å². The summed E-state index contributed by atoms with van der Waals surface area (Å²) in [5.41, 5.74) is -0.625. The number of nitrogens with two attached hydrogens (primary N) is 1. The lowest BCUT2D eigenvalue weighted by Crippen LogP contribution is -2.13. The maximum atomic E-state index is 12.1. The molecule has 0 aliphatic carbocycles. The number of sulfonamides is 1. The topological polar surface area (TPSA) is 282 Å². The highest BCUT2D eigenvalue weighted by Crippen LogP contribution is 2.38. The van der Waals surface area contributed by atoms with Crippen LogP contribution in [0, 0.1) is 0 Å². The van der Waals surface area contributed by atoms with Gasteiger partial charge in [0.15, 0.2) is 17.2 Å². The van der Waals surface area contributed by atoms with Crippen molar-refractivity contribution in [3.63, 3.8) is 0 Å². The van der Waals surface area contributed by atoms with Crippen LogP contribution in [-0.4, -0.2) is 69.8 Å². The van der Waals surface area contributed by atoms with E-state index >= 15 is 0 Å². The Morgan fingerprint density at radius 1 is 0.955 bits per heavy atom. The Kier molecular flexibility index (Phi) is 7.02. The number of H-pyrrole nitrogens is 1. The average molecular weight is 667 g/mol. The van der Waals surface area contributed by atoms with Gasteiger partial charge in [0.05, 0.1) is 38.4 Å². The van der Waals surface area contributed by atoms with E-state index in [9.17, 15) is 44.3 Å². The van der Waals surface area contributed by atoms with E-state index in [1.807, 2.05) is 0 Å². The van der Waals surface area contributed by atoms with Crippen LogP contribution in [0.15, 0.2) is 67.5 Å². The Hall–Kier alpha value is -4.54. The van der Waals surface area contributed by atoms with E-state index in [-0.39, 0.29) is 16.2 Å². The number of nitrogens with zero attached hydrogens (tertiary/aromatic N) is 6. The van der Waals surface area contributed by atoms with Gasteiger partial charge < -0.3 is 5.11 Å². The fourth-order valence-corrected chi connectivity index (χ4v) is 5.99. The molecular weight excluding hydrogens is 645 g/mol. The maximum absolute atomic E-state index is 12.1. The van der Waals surface area contributed by atoms with Crippen molar-refractivity contribution in [2.75, 3.05) is 0 Å². The average Bonchev–Trinajstić information content (AvgIpc) is 3.57. The molecule has 6 N–H and O–H groups in total. The van der Waals surface area contributed by atoms with E-state index in [0.29, 0.717) is 39.6 Å². The second kappa shape index (κ2) is 10.0. The molecule has 5 aromatic rings. The minimum atomic E-state index is -5.04. The van der Waals surface area contributed by atoms with Crippen molar-refractivity contribution < 1.29 is 44.3 Å². The predicted octanol–water partition coefficient (Wildman–Crippen LogP) is 2.55. The molecule has 0 radical (unpaired) electrons. The van der Waals surface area contributed by atoms with Crippen LogP contribution in [0.25, 0.3) is 22.4 Å². The third-order valence-electron chi connectivity index (χ3n) is 6.33. The SMILES string of the molecule is CC(C)(C)c1[nH]n2c(nc3ccc(S(N)(=O)=O)cc32)c1N=Nc1c(C(=O)O)cnn1-c1cc(S(=O)(=O)O)ccc1S(=O)(=O)O. The monoisotopic (exact) mass is 666 g/mol. The zero-order valence-electron chi connectivity index (χ0n) is 22.7. The number of azo groups is 1. The summed E-state index contributed by atoms with van der Waals surface area (Å²) in [4.78, 5) is 14.7. The van der Waals surface area contributed by atoms with Crippen molar-refractivity contribution in [2.45, 2.75) is 40.9 Å². The summed E-state index contributed by atoms with van der Waals surface area (Å²) in [6, 6.07) is 6.02. The highest BCUT2D eigenvalue weighted by molar-refractivity contribution is 7.89. The summed E-state index contributed by atoms with van der Waals surface area (Å²) in [5.74, 6) is -2.16. The molecule has 44 heavy (non-hydrogen) atoms. The summed E-state index contributed by atoms with van der Waals surface area (Å²) in [7, 11) is -14.0. The van der Waals surface area contributed by atoms with Gasteiger partial charge >= 0.3 is 5.97 Å². The first kappa shape index (κ1) is 30.9. The number of fused-ring (bicyclic) bond motifs is 3. The molecule has 18 nitrogen and oxygen atoms in total. The zero-order chi connectivity index (χ0) is 32.6. The van der Waals surface area contributed by atoms with Gasteiger partial charge in [0.1, 0.15) is 10.5 Å². The van der Waals surface area contributed by atoms with Crippen LogP contribution >= 0.6 is 0 Å². The molecule has 3 aromatic heterocycles. The summed E-state index contributed by atoms with van der Waals surface area (Å²) in [6.45, 7) is 5.42. The molecule has 0 atom stereocenters. The van der Waals surface area contributed by atoms with E-state index < -0.39 is 68.5 Å². The van der Waals surface area contributed by atoms with Gasteiger partial charge in [0.25, 0.3) is 20.2 Å². The fourth-order valence-electron chi connectivity index (χ4n) is 4.30. The Bertz CT molecular complexity index is 2380. The Morgan fingerprint density at radius 2 is 1.61 bits per heavy atom. The van der Waals surface area contributed by atoms with E-state index in [1.54, 1.807) is 20.8 Å². The van der Waals surface area contributed by atoms with Crippen molar-refractivity contribution in [3.8, 4) is 5.69 Å². The lowest BCUT2D eigenvalue weighted by atomic mass is 9.91. The minimum absolute atomic E-state index is 0.0802. The van der Waals surface area contributed by atoms with E-state index in [2.05, 4.69) is 25.4 Å². The first-order chi connectivity index (χ1) is 20.2. The molecule has 0 bridgehead atoms. The molecule has 5 rings (SSSR count). The predicted molar refractivity (Wildman–Crippen MR) is 151 cm³/mol. The lowest BCUT2D eigenvalue weighted by molar-refractivity contribution is 0.0697. The third kappa shape index (κ3) is 5.46. The molecule has 232 valence electrons. The molecule has 0 amide bonds. The van der Waals surface area contributed by atoms with Crippen molar-refractivity contribution in [3.05, 3.63) is 53.9 Å². The van der Waals surface area contributed by atoms with Crippen molar-refractivity contribution >= 4 is 64.4 Å². The van der Waals surface area contributed by atoms with Gasteiger partial charge in [-0.1, -0.05) is 20.8 Å². The molecule has 21 heteroatoms. The number of aromatic nitrogens is 5. The van der Waals surface area contributed by atoms with Gasteiger partial charge in [-0.15, -0.1) is 10.2 Å². The standard InChI is InChI=1S/C23H22N8O10S3/c1-23(2,3)19-18(21-26-14-6-4-11(42(24,34)35)8-15(14)31(21)29-19)27-28-20-13(22(32)33)10-25-30(20)16-9-12(43(36,37)38)5-7-17(16)44(39,40)41/h4-10,29H,1-3H3,(H,32,33)(H2,24,34,35)(H,36,37,38)(H,39,40,41). The van der Waals surface area contributed by atoms with E-state index in [1.165, 1.54) is 22.7 Å². The number of nitrogens with one attached hydrogen (secondary N) is 1. The first-order valence-corrected chi connectivity index (χ1v) is 16.5. The summed E-state index contributed by atoms with van der Waals surface area (Å²) in [5, 5.41) is 30.3. The van der Waals surface area contributed by atoms with Crippen LogP contribution in [0.4, 0.5) is 11.5 Å². The van der Waals surface area contributed by atoms with Gasteiger partial charge in [-0.05, 0) is 36.4 Å². The quantitative estimate of drug-likeness (QED) is 0.124. The number of aromatic amines is 1. The second-order valence-electron chi connectivity index (χ2n) is 10.4. The number of carboxylic acids is 1. The Labute approximate surface area is 248 Å². The highest BCUT2D eigenvalue weighted by Gasteiger charge is 2.28. The number of imidazole rings is 1. The molecule has 0 aliphatic rings. The summed E-state index contributed by atoms with van der Waals surface area (Å²) >= 11 is 0. The van der Waals surface area contributed by atoms with E-state index in [4.69, 9.17) is 5.14 Å². The molecule has 0 saturated carbocycles. The van der Waals surface area contributed by atoms with Crippen LogP contribution in [0.2, 0.25) is 0 Å². The van der Waals surface area contributed by atoms with Crippen LogP contribution in [0.1, 0.15) is 36.8 Å². The Morgan fingerprint density at radius 3 is 2.18 bits per heavy atom. The summed E-state index contributed by atoms with van der Waals surface area (Å²) in [6.07, 6.45) is 0.792. The van der Waals surface area contributed by atoms with Gasteiger partial charge in [0, 0.05) is 5.41 Å². The zero-order valence-corrected chi connectivity index (χ0v) is 25.2. The Balaban J connectivity index is 1.79. The normalized spacial score (nSPS) is 13.4. The summed E-state index contributed by atoms with van der Waals surface area (Å²) < 4.78 is 93.1. The van der Waals surface area contributed by atoms with Crippen molar-refractivity contribution in [1.29, 1.82) is 0 Å². The largest absolute Gasteiger partial charge is 0.477 e. The molecule has 0 fully saturated rings.